The number of hydrogen-bond acceptors (Lipinski definition) is 11. The average Bonchev–Trinajstić information content (AvgIpc) is 3.50. The molecule has 224 valence electrons. The molecular weight excluding hydrogens is 600 g/mol. The second-order valence-corrected chi connectivity index (χ2v) is 12.1. The van der Waals surface area contributed by atoms with Gasteiger partial charge < -0.3 is 24.1 Å². The first-order chi connectivity index (χ1) is 20.8. The van der Waals surface area contributed by atoms with Gasteiger partial charge in [0.2, 0.25) is 11.8 Å². The van der Waals surface area contributed by atoms with Crippen LogP contribution in [-0.4, -0.2) is 77.3 Å². The Bertz CT molecular complexity index is 1650. The number of imide groups is 1. The molecule has 4 heterocycles. The number of aromatic nitrogens is 1. The van der Waals surface area contributed by atoms with Gasteiger partial charge in [-0.1, -0.05) is 29.2 Å². The summed E-state index contributed by atoms with van der Waals surface area (Å²) in [7, 11) is 0. The molecule has 13 nitrogen and oxygen atoms in total. The van der Waals surface area contributed by atoms with Crippen LogP contribution in [0.3, 0.4) is 0 Å². The number of fused-ring (bicyclic) bond motifs is 2. The second kappa shape index (κ2) is 11.8. The lowest BCUT2D eigenvalue weighted by Gasteiger charge is -2.30. The lowest BCUT2D eigenvalue weighted by Crippen LogP contribution is -2.43. The Kier molecular flexibility index (Phi) is 7.94. The Morgan fingerprint density at radius 2 is 1.81 bits per heavy atom. The zero-order valence-electron chi connectivity index (χ0n) is 22.8. The number of thioether (sulfide) groups is 1. The van der Waals surface area contributed by atoms with Crippen molar-refractivity contribution in [3.63, 3.8) is 0 Å². The molecule has 1 N–H and O–H groups in total. The van der Waals surface area contributed by atoms with Crippen molar-refractivity contribution >= 4 is 52.2 Å². The molecule has 0 aliphatic carbocycles. The van der Waals surface area contributed by atoms with Crippen molar-refractivity contribution in [3.8, 4) is 11.5 Å². The van der Waals surface area contributed by atoms with Crippen LogP contribution in [0.1, 0.15) is 23.3 Å². The summed E-state index contributed by atoms with van der Waals surface area (Å²) in [6.07, 6.45) is 0. The maximum Gasteiger partial charge on any atom is 0.305 e. The maximum absolute atomic E-state index is 13.9. The molecule has 2 unspecified atom stereocenters. The number of amides is 3. The molecule has 0 spiro atoms. The van der Waals surface area contributed by atoms with Crippen molar-refractivity contribution in [2.24, 2.45) is 5.92 Å². The van der Waals surface area contributed by atoms with Crippen LogP contribution >= 0.6 is 23.1 Å². The highest BCUT2D eigenvalue weighted by atomic mass is 32.2. The number of nitro benzene ring substituents is 1. The number of carbonyl (C=O) groups excluding carboxylic acids is 3. The first-order valence-electron chi connectivity index (χ1n) is 13.5. The van der Waals surface area contributed by atoms with Crippen LogP contribution in [0.15, 0.2) is 52.3 Å². The lowest BCUT2D eigenvalue weighted by atomic mass is 9.83. The molecule has 3 aliphatic heterocycles. The van der Waals surface area contributed by atoms with Gasteiger partial charge >= 0.3 is 4.87 Å². The molecule has 43 heavy (non-hydrogen) atoms. The van der Waals surface area contributed by atoms with Crippen LogP contribution in [0, 0.1) is 16.0 Å². The van der Waals surface area contributed by atoms with Gasteiger partial charge in [-0.3, -0.25) is 29.3 Å². The normalized spacial score (nSPS) is 21.4. The third-order valence-corrected chi connectivity index (χ3v) is 9.89. The van der Waals surface area contributed by atoms with Gasteiger partial charge in [-0.05, 0) is 36.8 Å². The average molecular weight is 627 g/mol. The highest BCUT2D eigenvalue weighted by Crippen LogP contribution is 2.53. The van der Waals surface area contributed by atoms with Crippen LogP contribution in [0.5, 0.6) is 11.5 Å². The topological polar surface area (TPSA) is 161 Å². The Morgan fingerprint density at radius 3 is 2.51 bits per heavy atom. The lowest BCUT2D eigenvalue weighted by molar-refractivity contribution is -0.384. The first kappa shape index (κ1) is 28.9. The molecule has 0 radical (unpaired) electrons. The Labute approximate surface area is 252 Å². The highest BCUT2D eigenvalue weighted by molar-refractivity contribution is 8.00. The first-order valence-corrected chi connectivity index (χ1v) is 15.2. The van der Waals surface area contributed by atoms with E-state index in [-0.39, 0.29) is 28.8 Å². The maximum atomic E-state index is 13.9. The number of H-pyrrole nitrogens is 1. The monoisotopic (exact) mass is 626 g/mol. The minimum Gasteiger partial charge on any atom is -0.490 e. The standard InChI is InChI=1S/C28H26N4O9S2/c1-2-40-19-13-15(3-8-18(19)41-14-20(33)30-9-11-39-12-10-30)21-22-24(42-25-23(21)43-28(36)29-25)27(35)31(26(22)34)16-4-6-17(7-5-16)32(37)38/h3-8,13,21-22,24H,2,9-12,14H2,1H3,(H,29,36)/t21-,22?,24?/m1/s1. The number of hydrogen-bond donors (Lipinski definition) is 1. The van der Waals surface area contributed by atoms with E-state index >= 15 is 0 Å². The van der Waals surface area contributed by atoms with Crippen LogP contribution in [-0.2, 0) is 19.1 Å². The predicted octanol–water partition coefficient (Wildman–Crippen LogP) is 2.78. The second-order valence-electron chi connectivity index (χ2n) is 9.96. The number of benzene rings is 2. The van der Waals surface area contributed by atoms with Crippen molar-refractivity contribution in [3.05, 3.63) is 72.7 Å². The van der Waals surface area contributed by atoms with Crippen LogP contribution in [0.2, 0.25) is 0 Å². The van der Waals surface area contributed by atoms with E-state index in [1.54, 1.807) is 30.0 Å². The van der Waals surface area contributed by atoms with E-state index in [9.17, 15) is 29.3 Å². The van der Waals surface area contributed by atoms with Gasteiger partial charge in [-0.2, -0.15) is 0 Å². The molecule has 3 atom stereocenters. The van der Waals surface area contributed by atoms with Crippen LogP contribution < -0.4 is 19.2 Å². The van der Waals surface area contributed by atoms with Gasteiger partial charge in [-0.15, -0.1) is 0 Å². The van der Waals surface area contributed by atoms with Gasteiger partial charge in [-0.25, -0.2) is 4.90 Å². The SMILES string of the molecule is CCOc1cc([C@H]2c3sc(=O)[nH]c3SC3C(=O)N(c4ccc([N+](=O)[O-])cc4)C(=O)C32)ccc1OCC(=O)N1CCOCC1. The Hall–Kier alpha value is -4.21. The fourth-order valence-electron chi connectivity index (χ4n) is 5.50. The molecule has 15 heteroatoms. The Morgan fingerprint density at radius 1 is 1.07 bits per heavy atom. The van der Waals surface area contributed by atoms with Gasteiger partial charge in [0.25, 0.3) is 11.6 Å². The number of nitrogens with zero attached hydrogens (tertiary/aromatic N) is 3. The number of anilines is 1. The number of nitrogens with one attached hydrogen (secondary N) is 1. The zero-order valence-corrected chi connectivity index (χ0v) is 24.5. The number of ether oxygens (including phenoxy) is 3. The summed E-state index contributed by atoms with van der Waals surface area (Å²) in [5, 5.41) is 10.8. The van der Waals surface area contributed by atoms with Gasteiger partial charge in [0.15, 0.2) is 18.1 Å². The minimum atomic E-state index is -0.851. The number of rotatable bonds is 8. The molecule has 2 saturated heterocycles. The zero-order chi connectivity index (χ0) is 30.2. The fraction of sp³-hybridized carbons (Fsp3) is 0.357. The van der Waals surface area contributed by atoms with Crippen molar-refractivity contribution in [2.75, 3.05) is 44.4 Å². The minimum absolute atomic E-state index is 0.162. The third kappa shape index (κ3) is 5.39. The quantitative estimate of drug-likeness (QED) is 0.224. The predicted molar refractivity (Wildman–Crippen MR) is 156 cm³/mol. The van der Waals surface area contributed by atoms with Gasteiger partial charge in [0, 0.05) is 36.0 Å². The van der Waals surface area contributed by atoms with E-state index in [2.05, 4.69) is 4.98 Å². The molecule has 2 aromatic carbocycles. The molecule has 1 aromatic heterocycles. The fourth-order valence-corrected chi connectivity index (χ4v) is 8.02. The van der Waals surface area contributed by atoms with Gasteiger partial charge in [0.1, 0.15) is 5.25 Å². The summed E-state index contributed by atoms with van der Waals surface area (Å²) in [6.45, 7) is 3.86. The van der Waals surface area contributed by atoms with E-state index in [1.807, 2.05) is 0 Å². The van der Waals surface area contributed by atoms with Crippen molar-refractivity contribution in [1.82, 2.24) is 9.88 Å². The summed E-state index contributed by atoms with van der Waals surface area (Å²) >= 11 is 2.11. The summed E-state index contributed by atoms with van der Waals surface area (Å²) < 4.78 is 17.0. The highest BCUT2D eigenvalue weighted by Gasteiger charge is 2.56. The number of carbonyl (C=O) groups is 3. The van der Waals surface area contributed by atoms with Crippen LogP contribution in [0.4, 0.5) is 11.4 Å². The Balaban J connectivity index is 1.33. The van der Waals surface area contributed by atoms with E-state index in [1.165, 1.54) is 24.3 Å². The van der Waals surface area contributed by atoms with Crippen LogP contribution in [0.25, 0.3) is 0 Å². The smallest absolute Gasteiger partial charge is 0.305 e. The van der Waals surface area contributed by atoms with Crippen molar-refractivity contribution in [1.29, 1.82) is 0 Å². The summed E-state index contributed by atoms with van der Waals surface area (Å²) in [6, 6.07) is 10.4. The summed E-state index contributed by atoms with van der Waals surface area (Å²) in [4.78, 5) is 69.1. The number of aromatic amines is 1. The number of morpholine rings is 1. The third-order valence-electron chi connectivity index (χ3n) is 7.48. The molecule has 3 aromatic rings. The van der Waals surface area contributed by atoms with Crippen molar-refractivity contribution in [2.45, 2.75) is 23.1 Å². The van der Waals surface area contributed by atoms with E-state index in [0.29, 0.717) is 59.9 Å². The molecule has 3 amide bonds. The van der Waals surface area contributed by atoms with Crippen molar-refractivity contribution < 1.29 is 33.5 Å². The largest absolute Gasteiger partial charge is 0.490 e. The molecule has 0 saturated carbocycles. The van der Waals surface area contributed by atoms with E-state index in [0.717, 1.165) is 28.0 Å². The number of thiazole rings is 1. The molecule has 0 bridgehead atoms. The van der Waals surface area contributed by atoms with Gasteiger partial charge in [0.05, 0.1) is 41.4 Å². The number of nitro groups is 1. The summed E-state index contributed by atoms with van der Waals surface area (Å²) in [5.74, 6) is -1.92. The molecule has 3 aliphatic rings. The molecular formula is C28H26N4O9S2. The summed E-state index contributed by atoms with van der Waals surface area (Å²) in [5.41, 5.74) is 0.702. The molecule has 2 fully saturated rings. The number of non-ortho nitro benzene ring substituents is 1. The van der Waals surface area contributed by atoms with E-state index in [4.69, 9.17) is 14.2 Å². The van der Waals surface area contributed by atoms with E-state index < -0.39 is 33.8 Å². The molecule has 6 rings (SSSR count).